The summed E-state index contributed by atoms with van der Waals surface area (Å²) in [5.74, 6) is -0.655. The van der Waals surface area contributed by atoms with E-state index in [0.29, 0.717) is 16.8 Å². The van der Waals surface area contributed by atoms with Gasteiger partial charge in [-0.2, -0.15) is 5.10 Å². The van der Waals surface area contributed by atoms with Crippen LogP contribution in [-0.2, 0) is 4.79 Å². The highest BCUT2D eigenvalue weighted by Crippen LogP contribution is 2.13. The number of rotatable bonds is 5. The molecule has 0 fully saturated rings. The van der Waals surface area contributed by atoms with Gasteiger partial charge < -0.3 is 5.11 Å². The van der Waals surface area contributed by atoms with Crippen LogP contribution in [0.1, 0.15) is 24.2 Å². The van der Waals surface area contributed by atoms with Gasteiger partial charge in [0.15, 0.2) is 6.10 Å². The molecule has 1 atom stereocenters. The highest BCUT2D eigenvalue weighted by molar-refractivity contribution is 5.99. The lowest BCUT2D eigenvalue weighted by atomic mass is 10.1. The monoisotopic (exact) mass is 313 g/mol. The van der Waals surface area contributed by atoms with Crippen molar-refractivity contribution in [3.05, 3.63) is 75.8 Å². The number of nitrogens with zero attached hydrogens (tertiary/aromatic N) is 2. The summed E-state index contributed by atoms with van der Waals surface area (Å²) < 4.78 is 0. The Kier molecular flexibility index (Phi) is 5.16. The number of carbonyl (C=O) groups is 1. The van der Waals surface area contributed by atoms with E-state index >= 15 is 0 Å². The Morgan fingerprint density at radius 3 is 2.35 bits per heavy atom. The summed E-state index contributed by atoms with van der Waals surface area (Å²) in [4.78, 5) is 22.0. The molecule has 0 saturated heterocycles. The van der Waals surface area contributed by atoms with Crippen molar-refractivity contribution in [2.24, 2.45) is 5.10 Å². The first-order valence-corrected chi connectivity index (χ1v) is 6.81. The molecule has 1 amide bonds. The summed E-state index contributed by atoms with van der Waals surface area (Å²) in [6.45, 7) is 1.65. The van der Waals surface area contributed by atoms with Crippen molar-refractivity contribution in [2.75, 3.05) is 0 Å². The number of hydrogen-bond donors (Lipinski definition) is 2. The molecule has 0 radical (unpaired) electrons. The van der Waals surface area contributed by atoms with Gasteiger partial charge in [0.25, 0.3) is 11.6 Å². The van der Waals surface area contributed by atoms with Gasteiger partial charge in [-0.3, -0.25) is 14.9 Å². The van der Waals surface area contributed by atoms with Crippen molar-refractivity contribution in [3.8, 4) is 0 Å². The first kappa shape index (κ1) is 16.3. The molecule has 7 nitrogen and oxygen atoms in total. The third-order valence-corrected chi connectivity index (χ3v) is 3.19. The molecule has 2 aromatic rings. The lowest BCUT2D eigenvalue weighted by molar-refractivity contribution is -0.384. The third-order valence-electron chi connectivity index (χ3n) is 3.19. The Hall–Kier alpha value is -3.06. The van der Waals surface area contributed by atoms with Gasteiger partial charge in [0.1, 0.15) is 0 Å². The molecule has 2 rings (SSSR count). The topological polar surface area (TPSA) is 105 Å². The number of hydrazone groups is 1. The van der Waals surface area contributed by atoms with Crippen molar-refractivity contribution in [1.82, 2.24) is 5.43 Å². The zero-order valence-corrected chi connectivity index (χ0v) is 12.3. The van der Waals surface area contributed by atoms with Crippen LogP contribution in [0.2, 0.25) is 0 Å². The summed E-state index contributed by atoms with van der Waals surface area (Å²) in [6, 6.07) is 14.3. The first-order chi connectivity index (χ1) is 11.0. The molecule has 2 N–H and O–H groups in total. The van der Waals surface area contributed by atoms with Crippen molar-refractivity contribution >= 4 is 17.3 Å². The smallest absolute Gasteiger partial charge is 0.273 e. The van der Waals surface area contributed by atoms with Gasteiger partial charge in [-0.05, 0) is 30.2 Å². The van der Waals surface area contributed by atoms with Crippen LogP contribution in [0.4, 0.5) is 5.69 Å². The van der Waals surface area contributed by atoms with E-state index in [0.717, 1.165) is 0 Å². The highest BCUT2D eigenvalue weighted by Gasteiger charge is 2.16. The number of amides is 1. The van der Waals surface area contributed by atoms with Gasteiger partial charge >= 0.3 is 0 Å². The lowest BCUT2D eigenvalue weighted by Gasteiger charge is -2.09. The van der Waals surface area contributed by atoms with Crippen molar-refractivity contribution in [2.45, 2.75) is 13.0 Å². The molecule has 23 heavy (non-hydrogen) atoms. The Bertz CT molecular complexity index is 727. The third kappa shape index (κ3) is 4.21. The molecule has 0 aliphatic heterocycles. The number of nitrogens with one attached hydrogen (secondary N) is 1. The Morgan fingerprint density at radius 1 is 1.17 bits per heavy atom. The SMILES string of the molecule is C/C(=N\NC(=O)C(O)c1ccccc1)c1ccc([N+](=O)[O-])cc1. The minimum atomic E-state index is -1.32. The predicted octanol–water partition coefficient (Wildman–Crippen LogP) is 2.17. The lowest BCUT2D eigenvalue weighted by Crippen LogP contribution is -2.26. The molecule has 0 bridgehead atoms. The average molecular weight is 313 g/mol. The Labute approximate surface area is 132 Å². The van der Waals surface area contributed by atoms with E-state index in [4.69, 9.17) is 0 Å². The molecule has 1 unspecified atom stereocenters. The van der Waals surface area contributed by atoms with Crippen LogP contribution < -0.4 is 5.43 Å². The van der Waals surface area contributed by atoms with Crippen LogP contribution in [0.5, 0.6) is 0 Å². The van der Waals surface area contributed by atoms with Gasteiger partial charge in [-0.15, -0.1) is 0 Å². The van der Waals surface area contributed by atoms with Gasteiger partial charge in [0, 0.05) is 12.1 Å². The summed E-state index contributed by atoms with van der Waals surface area (Å²) in [5.41, 5.74) is 3.82. The molecule has 2 aromatic carbocycles. The second kappa shape index (κ2) is 7.28. The minimum Gasteiger partial charge on any atom is -0.378 e. The molecule has 7 heteroatoms. The molecule has 0 aromatic heterocycles. The first-order valence-electron chi connectivity index (χ1n) is 6.81. The summed E-state index contributed by atoms with van der Waals surface area (Å²) >= 11 is 0. The number of hydrogen-bond acceptors (Lipinski definition) is 5. The molecular formula is C16H15N3O4. The Balaban J connectivity index is 2.04. The molecule has 0 spiro atoms. The molecule has 0 saturated carbocycles. The van der Waals surface area contributed by atoms with Crippen molar-refractivity contribution < 1.29 is 14.8 Å². The number of nitro benzene ring substituents is 1. The van der Waals surface area contributed by atoms with Gasteiger partial charge in [0.2, 0.25) is 0 Å². The number of aliphatic hydroxyl groups excluding tert-OH is 1. The summed E-state index contributed by atoms with van der Waals surface area (Å²) in [6.07, 6.45) is -1.32. The predicted molar refractivity (Wildman–Crippen MR) is 84.9 cm³/mol. The summed E-state index contributed by atoms with van der Waals surface area (Å²) in [5, 5.41) is 24.4. The van der Waals surface area contributed by atoms with Crippen molar-refractivity contribution in [1.29, 1.82) is 0 Å². The van der Waals surface area contributed by atoms with E-state index in [1.165, 1.54) is 24.3 Å². The van der Waals surface area contributed by atoms with Crippen LogP contribution >= 0.6 is 0 Å². The quantitative estimate of drug-likeness (QED) is 0.501. The van der Waals surface area contributed by atoms with E-state index in [2.05, 4.69) is 10.5 Å². The van der Waals surface area contributed by atoms with E-state index in [-0.39, 0.29) is 5.69 Å². The average Bonchev–Trinajstić information content (AvgIpc) is 2.59. The van der Waals surface area contributed by atoms with Crippen LogP contribution in [0.25, 0.3) is 0 Å². The van der Waals surface area contributed by atoms with Gasteiger partial charge in [0.05, 0.1) is 10.6 Å². The van der Waals surface area contributed by atoms with Crippen LogP contribution in [0.15, 0.2) is 59.7 Å². The fourth-order valence-electron chi connectivity index (χ4n) is 1.88. The largest absolute Gasteiger partial charge is 0.378 e. The Morgan fingerprint density at radius 2 is 1.78 bits per heavy atom. The molecule has 0 heterocycles. The fraction of sp³-hybridized carbons (Fsp3) is 0.125. The maximum atomic E-state index is 11.9. The number of non-ortho nitro benzene ring substituents is 1. The van der Waals surface area contributed by atoms with Crippen LogP contribution in [-0.4, -0.2) is 21.6 Å². The standard InChI is InChI=1S/C16H15N3O4/c1-11(12-7-9-14(10-8-12)19(22)23)17-18-16(21)15(20)13-5-3-2-4-6-13/h2-10,15,20H,1H3,(H,18,21)/b17-11+. The highest BCUT2D eigenvalue weighted by atomic mass is 16.6. The number of nitro groups is 1. The van der Waals surface area contributed by atoms with Gasteiger partial charge in [-0.1, -0.05) is 30.3 Å². The second-order valence-electron chi connectivity index (χ2n) is 4.79. The van der Waals surface area contributed by atoms with Crippen LogP contribution in [0, 0.1) is 10.1 Å². The van der Waals surface area contributed by atoms with E-state index in [1.807, 2.05) is 0 Å². The number of aliphatic hydroxyl groups is 1. The molecule has 0 aliphatic rings. The summed E-state index contributed by atoms with van der Waals surface area (Å²) in [7, 11) is 0. The zero-order valence-electron chi connectivity index (χ0n) is 12.3. The number of carbonyl (C=O) groups excluding carboxylic acids is 1. The zero-order chi connectivity index (χ0) is 16.8. The molecule has 118 valence electrons. The van der Waals surface area contributed by atoms with Crippen molar-refractivity contribution in [3.63, 3.8) is 0 Å². The maximum Gasteiger partial charge on any atom is 0.273 e. The molecular weight excluding hydrogens is 298 g/mol. The maximum absolute atomic E-state index is 11.9. The second-order valence-corrected chi connectivity index (χ2v) is 4.79. The van der Waals surface area contributed by atoms with E-state index in [9.17, 15) is 20.0 Å². The molecule has 0 aliphatic carbocycles. The van der Waals surface area contributed by atoms with E-state index in [1.54, 1.807) is 37.3 Å². The van der Waals surface area contributed by atoms with E-state index < -0.39 is 16.9 Å². The normalized spacial score (nSPS) is 12.5. The van der Waals surface area contributed by atoms with Gasteiger partial charge in [-0.25, -0.2) is 5.43 Å². The van der Waals surface area contributed by atoms with Crippen LogP contribution in [0.3, 0.4) is 0 Å². The fourth-order valence-corrected chi connectivity index (χ4v) is 1.88. The minimum absolute atomic E-state index is 0.0231. The number of benzene rings is 2.